The number of nitrogens with zero attached hydrogens (tertiary/aromatic N) is 2. The van der Waals surface area contributed by atoms with Crippen molar-refractivity contribution in [1.82, 2.24) is 14.9 Å². The number of sulfonamides is 1. The minimum Gasteiger partial charge on any atom is -0.497 e. The number of ether oxygens (including phenoxy) is 2. The van der Waals surface area contributed by atoms with E-state index >= 15 is 0 Å². The predicted octanol–water partition coefficient (Wildman–Crippen LogP) is 1.69. The first-order valence-corrected chi connectivity index (χ1v) is 11.2. The van der Waals surface area contributed by atoms with E-state index < -0.39 is 10.0 Å². The topological polar surface area (TPSA) is 92.3 Å². The summed E-state index contributed by atoms with van der Waals surface area (Å²) in [7, 11) is 0.0973. The van der Waals surface area contributed by atoms with Gasteiger partial charge < -0.3 is 20.1 Å². The number of rotatable bonds is 12. The van der Waals surface area contributed by atoms with Crippen LogP contribution in [0.2, 0.25) is 0 Å². The highest BCUT2D eigenvalue weighted by atomic mass is 32.2. The lowest BCUT2D eigenvalue weighted by Gasteiger charge is -2.17. The maximum absolute atomic E-state index is 11.7. The number of hydrogen-bond acceptors (Lipinski definition) is 5. The van der Waals surface area contributed by atoms with Gasteiger partial charge in [0, 0.05) is 32.7 Å². The second-order valence-electron chi connectivity index (χ2n) is 6.33. The Bertz CT molecular complexity index is 710. The maximum Gasteiger partial charge on any atom is 0.213 e. The van der Waals surface area contributed by atoms with Gasteiger partial charge in [-0.3, -0.25) is 0 Å². The molecule has 0 amide bonds. The fraction of sp³-hybridized carbons (Fsp3) is 0.632. The van der Waals surface area contributed by atoms with E-state index in [0.29, 0.717) is 32.0 Å². The average molecular weight is 415 g/mol. The van der Waals surface area contributed by atoms with Crippen LogP contribution in [0.5, 0.6) is 11.5 Å². The third-order valence-corrected chi connectivity index (χ3v) is 5.87. The lowest BCUT2D eigenvalue weighted by Crippen LogP contribution is -2.39. The summed E-state index contributed by atoms with van der Waals surface area (Å²) >= 11 is 0. The Balaban J connectivity index is 2.47. The van der Waals surface area contributed by atoms with E-state index in [1.54, 1.807) is 21.1 Å². The van der Waals surface area contributed by atoms with Gasteiger partial charge in [0.15, 0.2) is 5.96 Å². The summed E-state index contributed by atoms with van der Waals surface area (Å²) < 4.78 is 36.0. The molecule has 0 aliphatic carbocycles. The minimum atomic E-state index is -3.13. The molecule has 0 heterocycles. The highest BCUT2D eigenvalue weighted by Crippen LogP contribution is 2.19. The number of guanidine groups is 1. The van der Waals surface area contributed by atoms with Crippen LogP contribution < -0.4 is 20.1 Å². The number of benzene rings is 1. The van der Waals surface area contributed by atoms with E-state index in [-0.39, 0.29) is 11.9 Å². The molecule has 0 saturated carbocycles. The molecule has 0 aliphatic rings. The normalized spacial score (nSPS) is 13.3. The Morgan fingerprint density at radius 2 is 1.96 bits per heavy atom. The summed E-state index contributed by atoms with van der Waals surface area (Å²) in [5, 5.41) is 6.41. The second-order valence-corrected chi connectivity index (χ2v) is 8.69. The lowest BCUT2D eigenvalue weighted by molar-refractivity contribution is 0.229. The molecule has 1 rings (SSSR count). The van der Waals surface area contributed by atoms with Gasteiger partial charge in [0.1, 0.15) is 17.6 Å². The zero-order valence-corrected chi connectivity index (χ0v) is 18.4. The lowest BCUT2D eigenvalue weighted by atomic mass is 10.3. The van der Waals surface area contributed by atoms with Crippen molar-refractivity contribution in [1.29, 1.82) is 0 Å². The van der Waals surface area contributed by atoms with Crippen LogP contribution in [0.1, 0.15) is 27.2 Å². The summed E-state index contributed by atoms with van der Waals surface area (Å²) in [6.45, 7) is 7.91. The smallest absolute Gasteiger partial charge is 0.213 e. The average Bonchev–Trinajstić information content (AvgIpc) is 2.69. The summed E-state index contributed by atoms with van der Waals surface area (Å²) in [5.74, 6) is 2.29. The van der Waals surface area contributed by atoms with Crippen molar-refractivity contribution in [3.8, 4) is 11.5 Å². The Labute approximate surface area is 169 Å². The van der Waals surface area contributed by atoms with Crippen LogP contribution in [0, 0.1) is 0 Å². The minimum absolute atomic E-state index is 0.108. The van der Waals surface area contributed by atoms with Gasteiger partial charge in [0.05, 0.1) is 19.4 Å². The number of hydrogen-bond donors (Lipinski definition) is 2. The van der Waals surface area contributed by atoms with Gasteiger partial charge in [-0.1, -0.05) is 6.07 Å². The molecule has 0 fully saturated rings. The molecule has 2 N–H and O–H groups in total. The highest BCUT2D eigenvalue weighted by molar-refractivity contribution is 7.89. The number of nitrogens with one attached hydrogen (secondary N) is 2. The summed E-state index contributed by atoms with van der Waals surface area (Å²) in [4.78, 5) is 4.54. The molecule has 28 heavy (non-hydrogen) atoms. The molecular weight excluding hydrogens is 380 g/mol. The molecule has 0 aliphatic heterocycles. The van der Waals surface area contributed by atoms with Crippen molar-refractivity contribution < 1.29 is 17.9 Å². The Hall–Kier alpha value is -2.00. The van der Waals surface area contributed by atoms with Crippen molar-refractivity contribution >= 4 is 16.0 Å². The predicted molar refractivity (Wildman–Crippen MR) is 114 cm³/mol. The van der Waals surface area contributed by atoms with E-state index in [4.69, 9.17) is 9.47 Å². The van der Waals surface area contributed by atoms with E-state index in [0.717, 1.165) is 18.0 Å². The van der Waals surface area contributed by atoms with Crippen LogP contribution in [0.25, 0.3) is 0 Å². The summed E-state index contributed by atoms with van der Waals surface area (Å²) in [6.07, 6.45) is 0.583. The molecule has 0 radical (unpaired) electrons. The molecule has 1 atom stereocenters. The number of aliphatic imine (C=N–C) groups is 1. The van der Waals surface area contributed by atoms with Crippen LogP contribution in [0.15, 0.2) is 29.3 Å². The van der Waals surface area contributed by atoms with Gasteiger partial charge in [0.2, 0.25) is 10.0 Å². The molecule has 8 nitrogen and oxygen atoms in total. The van der Waals surface area contributed by atoms with Gasteiger partial charge in [-0.05, 0) is 39.3 Å². The fourth-order valence-electron chi connectivity index (χ4n) is 2.37. The highest BCUT2D eigenvalue weighted by Gasteiger charge is 2.14. The van der Waals surface area contributed by atoms with Gasteiger partial charge in [-0.2, -0.15) is 0 Å². The molecule has 0 aromatic heterocycles. The van der Waals surface area contributed by atoms with Crippen LogP contribution in [0.4, 0.5) is 0 Å². The third kappa shape index (κ3) is 8.79. The zero-order valence-electron chi connectivity index (χ0n) is 17.6. The van der Waals surface area contributed by atoms with Crippen molar-refractivity contribution in [3.63, 3.8) is 0 Å². The van der Waals surface area contributed by atoms with Crippen molar-refractivity contribution in [2.75, 3.05) is 46.1 Å². The SMILES string of the molecule is CCNC(=NCC(C)Oc1cccc(OC)c1)NCCCN(C)S(=O)(=O)CC. The van der Waals surface area contributed by atoms with Crippen molar-refractivity contribution in [2.45, 2.75) is 33.3 Å². The van der Waals surface area contributed by atoms with Crippen LogP contribution in [-0.2, 0) is 10.0 Å². The monoisotopic (exact) mass is 414 g/mol. The van der Waals surface area contributed by atoms with Crippen molar-refractivity contribution in [2.24, 2.45) is 4.99 Å². The van der Waals surface area contributed by atoms with Crippen molar-refractivity contribution in [3.05, 3.63) is 24.3 Å². The summed E-state index contributed by atoms with van der Waals surface area (Å²) in [5.41, 5.74) is 0. The molecule has 0 bridgehead atoms. The van der Waals surface area contributed by atoms with Crippen LogP contribution >= 0.6 is 0 Å². The first kappa shape index (κ1) is 24.0. The van der Waals surface area contributed by atoms with Gasteiger partial charge >= 0.3 is 0 Å². The largest absolute Gasteiger partial charge is 0.497 e. The first-order valence-electron chi connectivity index (χ1n) is 9.59. The Kier molecular flexibility index (Phi) is 10.7. The maximum atomic E-state index is 11.7. The third-order valence-electron chi connectivity index (χ3n) is 4.01. The molecule has 0 spiro atoms. The molecular formula is C19H34N4O4S. The molecule has 160 valence electrons. The molecule has 9 heteroatoms. The molecule has 1 aromatic carbocycles. The molecule has 0 saturated heterocycles. The second kappa shape index (κ2) is 12.5. The van der Waals surface area contributed by atoms with E-state index in [1.807, 2.05) is 38.1 Å². The van der Waals surface area contributed by atoms with Crippen LogP contribution in [0.3, 0.4) is 0 Å². The number of methoxy groups -OCH3 is 1. The van der Waals surface area contributed by atoms with E-state index in [1.165, 1.54) is 4.31 Å². The Morgan fingerprint density at radius 1 is 1.25 bits per heavy atom. The first-order chi connectivity index (χ1) is 13.3. The summed E-state index contributed by atoms with van der Waals surface area (Å²) in [6, 6.07) is 7.47. The van der Waals surface area contributed by atoms with E-state index in [2.05, 4.69) is 15.6 Å². The van der Waals surface area contributed by atoms with Gasteiger partial charge in [-0.15, -0.1) is 0 Å². The molecule has 1 aromatic rings. The molecule has 1 unspecified atom stereocenters. The van der Waals surface area contributed by atoms with Crippen LogP contribution in [-0.4, -0.2) is 70.9 Å². The standard InChI is InChI=1S/C19H34N4O4S/c1-6-20-19(21-12-9-13-23(4)28(24,25)7-2)22-15-16(3)27-18-11-8-10-17(14-18)26-5/h8,10-11,14,16H,6-7,9,12-13,15H2,1-5H3,(H2,20,21,22). The fourth-order valence-corrected chi connectivity index (χ4v) is 3.22. The van der Waals surface area contributed by atoms with Gasteiger partial charge in [0.25, 0.3) is 0 Å². The zero-order chi connectivity index (χ0) is 21.0. The Morgan fingerprint density at radius 3 is 2.61 bits per heavy atom. The van der Waals surface area contributed by atoms with Gasteiger partial charge in [-0.25, -0.2) is 17.7 Å². The van der Waals surface area contributed by atoms with E-state index in [9.17, 15) is 8.42 Å². The quantitative estimate of drug-likeness (QED) is 0.307.